The highest BCUT2D eigenvalue weighted by Crippen LogP contribution is 2.49. The standard InChI is InChI=1S/C21H20F5N3O3S/c1-33(31,32)15-4-2-3-14(8-15)28-19(30)16-7-13(21(24,25)26)9-27-18(16)29-10-12-5-6-20(22,23)17(12)11-29/h2-4,7-9,12,17H,5-6,10-11H2,1H3,(H,28,30). The van der Waals surface area contributed by atoms with Crippen LogP contribution in [0.1, 0.15) is 28.8 Å². The molecule has 1 aliphatic carbocycles. The minimum Gasteiger partial charge on any atom is -0.355 e. The van der Waals surface area contributed by atoms with Gasteiger partial charge in [0.1, 0.15) is 5.82 Å². The van der Waals surface area contributed by atoms with Gasteiger partial charge in [0.15, 0.2) is 9.84 Å². The van der Waals surface area contributed by atoms with E-state index < -0.39 is 44.9 Å². The number of anilines is 2. The van der Waals surface area contributed by atoms with Gasteiger partial charge in [-0.25, -0.2) is 22.2 Å². The summed E-state index contributed by atoms with van der Waals surface area (Å²) in [6.45, 7) is 0.0301. The molecule has 2 heterocycles. The van der Waals surface area contributed by atoms with Crippen LogP contribution >= 0.6 is 0 Å². The summed E-state index contributed by atoms with van der Waals surface area (Å²) < 4.78 is 91.7. The van der Waals surface area contributed by atoms with Crippen molar-refractivity contribution in [1.29, 1.82) is 0 Å². The summed E-state index contributed by atoms with van der Waals surface area (Å²) in [5.74, 6) is -5.25. The Bertz CT molecular complexity index is 1200. The average molecular weight is 489 g/mol. The molecule has 0 spiro atoms. The Morgan fingerprint density at radius 2 is 1.94 bits per heavy atom. The fourth-order valence-corrected chi connectivity index (χ4v) is 5.08. The molecular formula is C21H20F5N3O3S. The Morgan fingerprint density at radius 1 is 1.21 bits per heavy atom. The van der Waals surface area contributed by atoms with E-state index in [1.54, 1.807) is 0 Å². The number of aromatic nitrogens is 1. The number of benzene rings is 1. The van der Waals surface area contributed by atoms with Crippen LogP contribution in [0.2, 0.25) is 0 Å². The molecule has 2 aromatic rings. The first-order chi connectivity index (χ1) is 15.3. The lowest BCUT2D eigenvalue weighted by Gasteiger charge is -2.23. The number of sulfone groups is 1. The van der Waals surface area contributed by atoms with Gasteiger partial charge in [0, 0.05) is 43.6 Å². The van der Waals surface area contributed by atoms with E-state index in [2.05, 4.69) is 10.3 Å². The van der Waals surface area contributed by atoms with Gasteiger partial charge in [-0.15, -0.1) is 0 Å². The molecule has 0 radical (unpaired) electrons. The summed E-state index contributed by atoms with van der Waals surface area (Å²) in [5, 5.41) is 2.39. The molecule has 2 atom stereocenters. The minimum atomic E-state index is -4.77. The fraction of sp³-hybridized carbons (Fsp3) is 0.429. The molecular weight excluding hydrogens is 469 g/mol. The fourth-order valence-electron chi connectivity index (χ4n) is 4.41. The number of nitrogens with zero attached hydrogens (tertiary/aromatic N) is 2. The molecule has 4 rings (SSSR count). The van der Waals surface area contributed by atoms with Crippen LogP contribution in [0, 0.1) is 11.8 Å². The Labute approximate surface area is 186 Å². The van der Waals surface area contributed by atoms with Crippen LogP contribution < -0.4 is 10.2 Å². The highest BCUT2D eigenvalue weighted by atomic mass is 32.2. The second-order valence-electron chi connectivity index (χ2n) is 8.42. The quantitative estimate of drug-likeness (QED) is 0.650. The zero-order valence-corrected chi connectivity index (χ0v) is 18.2. The Hall–Kier alpha value is -2.76. The van der Waals surface area contributed by atoms with Crippen LogP contribution in [0.3, 0.4) is 0 Å². The van der Waals surface area contributed by atoms with Crippen LogP contribution in [0.5, 0.6) is 0 Å². The van der Waals surface area contributed by atoms with Crippen molar-refractivity contribution in [3.8, 4) is 0 Å². The lowest BCUT2D eigenvalue weighted by atomic mass is 9.99. The molecule has 1 aromatic carbocycles. The molecule has 12 heteroatoms. The van der Waals surface area contributed by atoms with Crippen molar-refractivity contribution in [3.05, 3.63) is 47.7 Å². The highest BCUT2D eigenvalue weighted by molar-refractivity contribution is 7.90. The summed E-state index contributed by atoms with van der Waals surface area (Å²) in [7, 11) is -3.58. The molecule has 1 saturated carbocycles. The van der Waals surface area contributed by atoms with E-state index in [-0.39, 0.29) is 48.2 Å². The van der Waals surface area contributed by atoms with Crippen LogP contribution in [-0.4, -0.2) is 44.6 Å². The molecule has 1 N–H and O–H groups in total. The third kappa shape index (κ3) is 4.66. The van der Waals surface area contributed by atoms with Gasteiger partial charge in [0.05, 0.1) is 16.0 Å². The number of rotatable bonds is 4. The van der Waals surface area contributed by atoms with Crippen molar-refractivity contribution in [2.45, 2.75) is 29.8 Å². The zero-order chi connectivity index (χ0) is 24.2. The number of hydrogen-bond donors (Lipinski definition) is 1. The molecule has 33 heavy (non-hydrogen) atoms. The summed E-state index contributed by atoms with van der Waals surface area (Å²) >= 11 is 0. The predicted molar refractivity (Wildman–Crippen MR) is 110 cm³/mol. The maximum Gasteiger partial charge on any atom is 0.417 e. The van der Waals surface area contributed by atoms with Gasteiger partial charge in [-0.3, -0.25) is 4.79 Å². The second kappa shape index (κ2) is 7.93. The van der Waals surface area contributed by atoms with E-state index in [1.807, 2.05) is 0 Å². The third-order valence-electron chi connectivity index (χ3n) is 6.09. The van der Waals surface area contributed by atoms with Gasteiger partial charge in [0.25, 0.3) is 11.8 Å². The first-order valence-electron chi connectivity index (χ1n) is 10.1. The number of carbonyl (C=O) groups is 1. The van der Waals surface area contributed by atoms with E-state index in [4.69, 9.17) is 0 Å². The topological polar surface area (TPSA) is 79.4 Å². The molecule has 6 nitrogen and oxygen atoms in total. The van der Waals surface area contributed by atoms with Crippen LogP contribution in [0.25, 0.3) is 0 Å². The highest BCUT2D eigenvalue weighted by Gasteiger charge is 2.54. The number of alkyl halides is 5. The molecule has 1 saturated heterocycles. The van der Waals surface area contributed by atoms with E-state index in [0.29, 0.717) is 12.3 Å². The molecule has 1 aromatic heterocycles. The zero-order valence-electron chi connectivity index (χ0n) is 17.4. The van der Waals surface area contributed by atoms with Crippen molar-refractivity contribution < 1.29 is 35.2 Å². The average Bonchev–Trinajstić information content (AvgIpc) is 3.27. The third-order valence-corrected chi connectivity index (χ3v) is 7.20. The van der Waals surface area contributed by atoms with Crippen molar-refractivity contribution in [1.82, 2.24) is 4.98 Å². The van der Waals surface area contributed by atoms with Gasteiger partial charge < -0.3 is 10.2 Å². The SMILES string of the molecule is CS(=O)(=O)c1cccc(NC(=O)c2cc(C(F)(F)F)cnc2N2CC3CCC(F)(F)C3C2)c1. The number of nitrogens with one attached hydrogen (secondary N) is 1. The van der Waals surface area contributed by atoms with E-state index >= 15 is 0 Å². The molecule has 2 aliphatic rings. The number of carbonyl (C=O) groups excluding carboxylic acids is 1. The molecule has 2 unspecified atom stereocenters. The normalized spacial score (nSPS) is 22.3. The number of halogens is 5. The number of amides is 1. The Balaban J connectivity index is 1.68. The molecule has 1 amide bonds. The van der Waals surface area contributed by atoms with Gasteiger partial charge >= 0.3 is 6.18 Å². The van der Waals surface area contributed by atoms with Crippen molar-refractivity contribution in [3.63, 3.8) is 0 Å². The van der Waals surface area contributed by atoms with Gasteiger partial charge in [-0.2, -0.15) is 13.2 Å². The lowest BCUT2D eigenvalue weighted by Crippen LogP contribution is -2.31. The summed E-state index contributed by atoms with van der Waals surface area (Å²) in [6, 6.07) is 5.87. The maximum atomic E-state index is 14.2. The van der Waals surface area contributed by atoms with Gasteiger partial charge in [-0.1, -0.05) is 6.07 Å². The van der Waals surface area contributed by atoms with Crippen molar-refractivity contribution >= 4 is 27.2 Å². The van der Waals surface area contributed by atoms with Crippen LogP contribution in [-0.2, 0) is 16.0 Å². The Kier molecular flexibility index (Phi) is 5.62. The predicted octanol–water partition coefficient (Wildman–Crippen LogP) is 4.24. The van der Waals surface area contributed by atoms with Crippen LogP contribution in [0.4, 0.5) is 33.5 Å². The van der Waals surface area contributed by atoms with Crippen LogP contribution in [0.15, 0.2) is 41.4 Å². The summed E-state index contributed by atoms with van der Waals surface area (Å²) in [6.07, 6.45) is -3.17. The van der Waals surface area contributed by atoms with Gasteiger partial charge in [0.2, 0.25) is 0 Å². The summed E-state index contributed by atoms with van der Waals surface area (Å²) in [4.78, 5) is 18.1. The molecule has 2 fully saturated rings. The molecule has 0 bridgehead atoms. The van der Waals surface area contributed by atoms with Gasteiger partial charge in [-0.05, 0) is 36.6 Å². The first-order valence-corrected chi connectivity index (χ1v) is 12.0. The lowest BCUT2D eigenvalue weighted by molar-refractivity contribution is -0.137. The largest absolute Gasteiger partial charge is 0.417 e. The first kappa shape index (κ1) is 23.4. The molecule has 178 valence electrons. The smallest absolute Gasteiger partial charge is 0.355 e. The van der Waals surface area contributed by atoms with E-state index in [1.165, 1.54) is 29.2 Å². The number of hydrogen-bond acceptors (Lipinski definition) is 5. The van der Waals surface area contributed by atoms with Crippen molar-refractivity contribution in [2.75, 3.05) is 29.6 Å². The second-order valence-corrected chi connectivity index (χ2v) is 10.4. The molecule has 1 aliphatic heterocycles. The Morgan fingerprint density at radius 3 is 2.58 bits per heavy atom. The van der Waals surface area contributed by atoms with Crippen molar-refractivity contribution in [2.24, 2.45) is 11.8 Å². The number of fused-ring (bicyclic) bond motifs is 1. The van der Waals surface area contributed by atoms with E-state index in [0.717, 1.165) is 6.26 Å². The van der Waals surface area contributed by atoms with E-state index in [9.17, 15) is 35.2 Å². The summed E-state index contributed by atoms with van der Waals surface area (Å²) in [5.41, 5.74) is -1.54. The minimum absolute atomic E-state index is 0.0520. The number of pyridine rings is 1. The monoisotopic (exact) mass is 489 g/mol. The maximum absolute atomic E-state index is 14.2.